The van der Waals surface area contributed by atoms with E-state index in [4.69, 9.17) is 0 Å². The van der Waals surface area contributed by atoms with Crippen LogP contribution in [0.15, 0.2) is 109 Å². The van der Waals surface area contributed by atoms with Gasteiger partial charge in [0.1, 0.15) is 0 Å². The van der Waals surface area contributed by atoms with Crippen molar-refractivity contribution in [1.82, 2.24) is 0 Å². The Bertz CT molecular complexity index is 1380. The number of rotatable bonds is 2. The van der Waals surface area contributed by atoms with Gasteiger partial charge in [-0.05, 0) is 27.7 Å². The Kier molecular flexibility index (Phi) is 11.0. The van der Waals surface area contributed by atoms with Crippen molar-refractivity contribution >= 4 is 21.5 Å². The third-order valence-electron chi connectivity index (χ3n) is 6.35. The number of halogens is 2. The second-order valence-electron chi connectivity index (χ2n) is 9.50. The van der Waals surface area contributed by atoms with Gasteiger partial charge in [-0.1, -0.05) is 106 Å². The maximum atomic E-state index is 2.27. The topological polar surface area (TPSA) is 0 Å². The summed E-state index contributed by atoms with van der Waals surface area (Å²) in [7, 11) is 0. The van der Waals surface area contributed by atoms with Crippen molar-refractivity contribution in [3.05, 3.63) is 131 Å². The van der Waals surface area contributed by atoms with Crippen molar-refractivity contribution in [1.29, 1.82) is 0 Å². The fourth-order valence-corrected chi connectivity index (χ4v) is 4.92. The summed E-state index contributed by atoms with van der Waals surface area (Å²) >= 11 is 0. The minimum atomic E-state index is 0. The number of hydrogen-bond acceptors (Lipinski definition) is 0. The predicted octanol–water partition coefficient (Wildman–Crippen LogP) is 3.69. The number of benzene rings is 4. The number of hydrogen-bond donors (Lipinski definition) is 0. The van der Waals surface area contributed by atoms with Gasteiger partial charge in [-0.3, -0.25) is 0 Å². The molecule has 0 unspecified atom stereocenters. The van der Waals surface area contributed by atoms with Gasteiger partial charge >= 0.3 is 21.7 Å². The fraction of sp³-hybridized carbons (Fsp3) is 0.118. The van der Waals surface area contributed by atoms with Crippen LogP contribution in [0.1, 0.15) is 22.3 Å². The summed E-state index contributed by atoms with van der Waals surface area (Å²) in [6, 6.07) is 39.5. The summed E-state index contributed by atoms with van der Waals surface area (Å²) in [6.45, 7) is 8.61. The molecule has 0 N–H and O–H groups in total. The van der Waals surface area contributed by atoms with E-state index in [9.17, 15) is 0 Å². The van der Waals surface area contributed by atoms with E-state index < -0.39 is 0 Å². The molecular weight excluding hydrogens is 527 g/mol. The molecule has 0 aliphatic heterocycles. The molecule has 0 nitrogen and oxygen atoms in total. The van der Waals surface area contributed by atoms with E-state index in [1.807, 2.05) is 0 Å². The van der Waals surface area contributed by atoms with E-state index >= 15 is 0 Å². The van der Waals surface area contributed by atoms with Crippen LogP contribution in [0.3, 0.4) is 0 Å². The van der Waals surface area contributed by atoms with Crippen LogP contribution in [0.25, 0.3) is 43.8 Å². The minimum Gasteiger partial charge on any atom is -1.00 e. The smallest absolute Gasteiger partial charge is 1.00 e. The minimum absolute atomic E-state index is 0. The van der Waals surface area contributed by atoms with Gasteiger partial charge in [0.2, 0.25) is 0 Å². The molecule has 0 aliphatic carbocycles. The molecule has 0 spiro atoms. The zero-order valence-electron chi connectivity index (χ0n) is 21.6. The Hall–Kier alpha value is -2.61. The molecule has 0 aromatic heterocycles. The van der Waals surface area contributed by atoms with E-state index in [1.165, 1.54) is 66.1 Å². The standard InChI is InChI=1S/2C17H15.2ClH.Ti/c2*1-12-7-13(2)9-16(8-12)17-10-14-5-3-4-6-15(14)11-17;;;/h2*3-11H,1-2H3;2*1H;/q2*-1;;;+4/p-2. The quantitative estimate of drug-likeness (QED) is 0.225. The van der Waals surface area contributed by atoms with E-state index in [0.29, 0.717) is 0 Å². The SMILES string of the molecule is Cc1cc(C)cc(-c2cc3ccccc3[cH-]2)c1.Cc1cc(C)cc(-c2cc3ccccc3[cH-]2)c1.[Cl-].[Cl-].[Ti+4]. The number of fused-ring (bicyclic) bond motifs is 2. The molecule has 0 radical (unpaired) electrons. The van der Waals surface area contributed by atoms with Crippen molar-refractivity contribution < 1.29 is 46.5 Å². The van der Waals surface area contributed by atoms with E-state index in [2.05, 4.69) is 137 Å². The maximum absolute atomic E-state index is 2.27. The molecule has 6 aromatic rings. The van der Waals surface area contributed by atoms with Gasteiger partial charge in [0.15, 0.2) is 0 Å². The molecule has 0 aliphatic rings. The molecule has 184 valence electrons. The average molecular weight is 557 g/mol. The number of aryl methyl sites for hydroxylation is 4. The normalized spacial score (nSPS) is 10.1. The Morgan fingerprint density at radius 2 is 0.757 bits per heavy atom. The Morgan fingerprint density at radius 1 is 0.432 bits per heavy atom. The van der Waals surface area contributed by atoms with Crippen LogP contribution >= 0.6 is 0 Å². The molecule has 0 fully saturated rings. The van der Waals surface area contributed by atoms with Crippen LogP contribution < -0.4 is 24.8 Å². The molecule has 0 saturated heterocycles. The van der Waals surface area contributed by atoms with E-state index in [1.54, 1.807) is 0 Å². The zero-order valence-corrected chi connectivity index (χ0v) is 24.7. The second-order valence-corrected chi connectivity index (χ2v) is 9.50. The molecule has 0 saturated carbocycles. The van der Waals surface area contributed by atoms with Crippen molar-refractivity contribution in [2.45, 2.75) is 27.7 Å². The Balaban J connectivity index is 0.000000241. The van der Waals surface area contributed by atoms with E-state index in [-0.39, 0.29) is 46.5 Å². The molecule has 3 heteroatoms. The van der Waals surface area contributed by atoms with Gasteiger partial charge in [-0.2, -0.15) is 0 Å². The average Bonchev–Trinajstić information content (AvgIpc) is 3.43. The van der Waals surface area contributed by atoms with Crippen LogP contribution in [-0.2, 0) is 21.7 Å². The fourth-order valence-electron chi connectivity index (χ4n) is 4.92. The van der Waals surface area contributed by atoms with Gasteiger partial charge in [0, 0.05) is 0 Å². The van der Waals surface area contributed by atoms with Gasteiger partial charge < -0.3 is 24.8 Å². The first-order chi connectivity index (χ1) is 16.4. The third-order valence-corrected chi connectivity index (χ3v) is 6.35. The van der Waals surface area contributed by atoms with Crippen molar-refractivity contribution in [2.24, 2.45) is 0 Å². The predicted molar refractivity (Wildman–Crippen MR) is 149 cm³/mol. The van der Waals surface area contributed by atoms with E-state index in [0.717, 1.165) is 0 Å². The van der Waals surface area contributed by atoms with Crippen LogP contribution in [0.2, 0.25) is 0 Å². The maximum Gasteiger partial charge on any atom is 4.00 e. The summed E-state index contributed by atoms with van der Waals surface area (Å²) in [5.41, 5.74) is 10.6. The largest absolute Gasteiger partial charge is 4.00 e. The molecular formula is C34H30Cl2Ti. The van der Waals surface area contributed by atoms with Crippen LogP contribution in [-0.4, -0.2) is 0 Å². The summed E-state index contributed by atoms with van der Waals surface area (Å²) in [4.78, 5) is 0. The summed E-state index contributed by atoms with van der Waals surface area (Å²) < 4.78 is 0. The molecule has 0 bridgehead atoms. The van der Waals surface area contributed by atoms with Crippen LogP contribution in [0, 0.1) is 27.7 Å². The first kappa shape index (κ1) is 30.6. The Morgan fingerprint density at radius 3 is 1.08 bits per heavy atom. The second kappa shape index (κ2) is 13.3. The van der Waals surface area contributed by atoms with Gasteiger partial charge in [0.25, 0.3) is 0 Å². The van der Waals surface area contributed by atoms with Crippen molar-refractivity contribution in [3.8, 4) is 22.3 Å². The van der Waals surface area contributed by atoms with Crippen molar-refractivity contribution in [3.63, 3.8) is 0 Å². The molecule has 37 heavy (non-hydrogen) atoms. The molecule has 0 atom stereocenters. The Labute approximate surface area is 248 Å². The molecule has 0 heterocycles. The monoisotopic (exact) mass is 556 g/mol. The molecule has 0 amide bonds. The first-order valence-electron chi connectivity index (χ1n) is 11.9. The van der Waals surface area contributed by atoms with Crippen LogP contribution in [0.5, 0.6) is 0 Å². The third kappa shape index (κ3) is 7.25. The summed E-state index contributed by atoms with van der Waals surface area (Å²) in [6.07, 6.45) is 0. The van der Waals surface area contributed by atoms with Gasteiger partial charge in [-0.25, -0.2) is 0 Å². The first-order valence-corrected chi connectivity index (χ1v) is 11.9. The zero-order chi connectivity index (χ0) is 23.7. The van der Waals surface area contributed by atoms with Crippen LogP contribution in [0.4, 0.5) is 0 Å². The summed E-state index contributed by atoms with van der Waals surface area (Å²) in [5, 5.41) is 5.28. The van der Waals surface area contributed by atoms with Gasteiger partial charge in [0.05, 0.1) is 0 Å². The summed E-state index contributed by atoms with van der Waals surface area (Å²) in [5.74, 6) is 0. The van der Waals surface area contributed by atoms with Crippen molar-refractivity contribution in [2.75, 3.05) is 0 Å². The molecule has 6 aromatic carbocycles. The molecule has 6 rings (SSSR count). The van der Waals surface area contributed by atoms with Gasteiger partial charge in [-0.15, -0.1) is 69.1 Å².